The van der Waals surface area contributed by atoms with Crippen LogP contribution in [0, 0.1) is 5.92 Å². The van der Waals surface area contributed by atoms with Crippen LogP contribution < -0.4 is 0 Å². The van der Waals surface area contributed by atoms with Crippen LogP contribution in [0.25, 0.3) is 0 Å². The smallest absolute Gasteiger partial charge is 0.141 e. The summed E-state index contributed by atoms with van der Waals surface area (Å²) in [6, 6.07) is 18.2. The molecule has 3 rings (SSSR count). The first-order chi connectivity index (χ1) is 11.8. The molecule has 0 bridgehead atoms. The van der Waals surface area contributed by atoms with Gasteiger partial charge in [0.1, 0.15) is 6.29 Å². The number of aldehydes is 1. The minimum atomic E-state index is -0.151. The van der Waals surface area contributed by atoms with Crippen molar-refractivity contribution in [2.75, 3.05) is 13.1 Å². The maximum Gasteiger partial charge on any atom is 0.141 e. The first-order valence-corrected chi connectivity index (χ1v) is 9.13. The summed E-state index contributed by atoms with van der Waals surface area (Å²) < 4.78 is 0. The number of hydrogen-bond acceptors (Lipinski definition) is 2. The van der Waals surface area contributed by atoms with E-state index < -0.39 is 0 Å². The highest BCUT2D eigenvalue weighted by Gasteiger charge is 2.26. The van der Waals surface area contributed by atoms with Gasteiger partial charge < -0.3 is 4.79 Å². The summed E-state index contributed by atoms with van der Waals surface area (Å²) in [7, 11) is 0. The van der Waals surface area contributed by atoms with Crippen LogP contribution in [0.15, 0.2) is 54.6 Å². The van der Waals surface area contributed by atoms with E-state index in [0.29, 0.717) is 10.9 Å². The third-order valence-corrected chi connectivity index (χ3v) is 5.22. The van der Waals surface area contributed by atoms with Gasteiger partial charge in [0.2, 0.25) is 0 Å². The van der Waals surface area contributed by atoms with Gasteiger partial charge in [0, 0.05) is 11.6 Å². The summed E-state index contributed by atoms with van der Waals surface area (Å²) in [6.07, 6.45) is 5.80. The topological polar surface area (TPSA) is 20.3 Å². The molecule has 0 aliphatic carbocycles. The van der Waals surface area contributed by atoms with Gasteiger partial charge in [-0.25, -0.2) is 0 Å². The molecule has 24 heavy (non-hydrogen) atoms. The highest BCUT2D eigenvalue weighted by atomic mass is 35.5. The van der Waals surface area contributed by atoms with Crippen molar-refractivity contribution < 1.29 is 4.79 Å². The minimum absolute atomic E-state index is 0.151. The second kappa shape index (κ2) is 8.46. The molecular formula is C21H24ClNO. The number of halogens is 1. The molecule has 2 aromatic rings. The van der Waals surface area contributed by atoms with Gasteiger partial charge >= 0.3 is 0 Å². The average molecular weight is 342 g/mol. The van der Waals surface area contributed by atoms with Gasteiger partial charge in [0.15, 0.2) is 0 Å². The van der Waals surface area contributed by atoms with E-state index in [-0.39, 0.29) is 6.04 Å². The Bertz CT molecular complexity index is 641. The maximum atomic E-state index is 11.7. The molecule has 0 N–H and O–H groups in total. The number of carbonyl (C=O) groups excluding carboxylic acids is 1. The molecule has 1 unspecified atom stereocenters. The molecule has 1 aliphatic rings. The monoisotopic (exact) mass is 341 g/mol. The molecule has 3 heteroatoms. The van der Waals surface area contributed by atoms with E-state index in [1.54, 1.807) is 0 Å². The molecule has 0 radical (unpaired) electrons. The standard InChI is InChI=1S/C21H24ClNO/c22-20-12-10-19(11-13-20)21(16-24)23-14-4-7-18(15-23)9-8-17-5-2-1-3-6-17/h1-3,5-6,10-13,16,18,21H,4,7-9,14-15H2/t18?,21-/m0/s1. The molecule has 0 saturated carbocycles. The van der Waals surface area contributed by atoms with Gasteiger partial charge in [-0.15, -0.1) is 0 Å². The lowest BCUT2D eigenvalue weighted by atomic mass is 9.90. The number of nitrogens with zero attached hydrogens (tertiary/aromatic N) is 1. The summed E-state index contributed by atoms with van der Waals surface area (Å²) >= 11 is 5.97. The zero-order chi connectivity index (χ0) is 16.8. The minimum Gasteiger partial charge on any atom is -0.301 e. The highest BCUT2D eigenvalue weighted by Crippen LogP contribution is 2.28. The van der Waals surface area contributed by atoms with Gasteiger partial charge in [0.25, 0.3) is 0 Å². The van der Waals surface area contributed by atoms with Crippen LogP contribution in [0.3, 0.4) is 0 Å². The van der Waals surface area contributed by atoms with Crippen molar-refractivity contribution in [3.63, 3.8) is 0 Å². The van der Waals surface area contributed by atoms with Gasteiger partial charge in [0.05, 0.1) is 6.04 Å². The molecule has 2 atom stereocenters. The van der Waals surface area contributed by atoms with Crippen LogP contribution in [-0.2, 0) is 11.2 Å². The Morgan fingerprint density at radius 2 is 1.88 bits per heavy atom. The second-order valence-corrected chi connectivity index (χ2v) is 7.10. The summed E-state index contributed by atoms with van der Waals surface area (Å²) in [4.78, 5) is 14.0. The lowest BCUT2D eigenvalue weighted by molar-refractivity contribution is -0.113. The zero-order valence-corrected chi connectivity index (χ0v) is 14.7. The lowest BCUT2D eigenvalue weighted by Gasteiger charge is -2.36. The van der Waals surface area contributed by atoms with E-state index in [4.69, 9.17) is 11.6 Å². The first-order valence-electron chi connectivity index (χ1n) is 8.75. The third kappa shape index (κ3) is 4.46. The van der Waals surface area contributed by atoms with Crippen LogP contribution in [0.1, 0.15) is 36.4 Å². The van der Waals surface area contributed by atoms with Crippen molar-refractivity contribution in [2.45, 2.75) is 31.7 Å². The summed E-state index contributed by atoms with van der Waals surface area (Å²) in [5.41, 5.74) is 2.44. The molecule has 0 spiro atoms. The molecule has 126 valence electrons. The summed E-state index contributed by atoms with van der Waals surface area (Å²) in [5, 5.41) is 0.711. The highest BCUT2D eigenvalue weighted by molar-refractivity contribution is 6.30. The Hall–Kier alpha value is -1.64. The van der Waals surface area contributed by atoms with Crippen molar-refractivity contribution in [1.82, 2.24) is 4.90 Å². The van der Waals surface area contributed by atoms with Gasteiger partial charge in [-0.1, -0.05) is 54.1 Å². The molecule has 2 aromatic carbocycles. The van der Waals surface area contributed by atoms with Crippen molar-refractivity contribution >= 4 is 17.9 Å². The Kier molecular flexibility index (Phi) is 6.06. The summed E-state index contributed by atoms with van der Waals surface area (Å²) in [6.45, 7) is 1.99. The van der Waals surface area contributed by atoms with Crippen molar-refractivity contribution in [3.05, 3.63) is 70.7 Å². The SMILES string of the molecule is O=C[C@@H](c1ccc(Cl)cc1)N1CCCC(CCc2ccccc2)C1. The van der Waals surface area contributed by atoms with Crippen LogP contribution >= 0.6 is 11.6 Å². The lowest BCUT2D eigenvalue weighted by Crippen LogP contribution is -2.39. The number of carbonyl (C=O) groups is 1. The largest absolute Gasteiger partial charge is 0.301 e. The number of piperidine rings is 1. The third-order valence-electron chi connectivity index (χ3n) is 4.97. The molecule has 1 heterocycles. The fraction of sp³-hybridized carbons (Fsp3) is 0.381. The van der Waals surface area contributed by atoms with E-state index >= 15 is 0 Å². The maximum absolute atomic E-state index is 11.7. The fourth-order valence-corrected chi connectivity index (χ4v) is 3.76. The van der Waals surface area contributed by atoms with Crippen LogP contribution in [0.4, 0.5) is 0 Å². The number of likely N-dealkylation sites (tertiary alicyclic amines) is 1. The Labute approximate surface area is 149 Å². The van der Waals surface area contributed by atoms with E-state index in [0.717, 1.165) is 37.8 Å². The van der Waals surface area contributed by atoms with E-state index in [9.17, 15) is 4.79 Å². The number of rotatable bonds is 6. The number of hydrogen-bond donors (Lipinski definition) is 0. The number of benzene rings is 2. The van der Waals surface area contributed by atoms with E-state index in [1.165, 1.54) is 18.4 Å². The molecule has 0 aromatic heterocycles. The van der Waals surface area contributed by atoms with E-state index in [2.05, 4.69) is 35.2 Å². The van der Waals surface area contributed by atoms with Crippen LogP contribution in [-0.4, -0.2) is 24.3 Å². The predicted molar refractivity (Wildman–Crippen MR) is 99.3 cm³/mol. The first kappa shape index (κ1) is 17.2. The Morgan fingerprint density at radius 3 is 2.58 bits per heavy atom. The van der Waals surface area contributed by atoms with E-state index in [1.807, 2.05) is 24.3 Å². The molecule has 1 saturated heterocycles. The molecule has 1 aliphatic heterocycles. The van der Waals surface area contributed by atoms with Crippen molar-refractivity contribution in [3.8, 4) is 0 Å². The molecule has 2 nitrogen and oxygen atoms in total. The Morgan fingerprint density at radius 1 is 1.12 bits per heavy atom. The van der Waals surface area contributed by atoms with Gasteiger partial charge in [-0.3, -0.25) is 4.90 Å². The number of aryl methyl sites for hydroxylation is 1. The Balaban J connectivity index is 1.61. The molecule has 1 fully saturated rings. The van der Waals surface area contributed by atoms with Crippen LogP contribution in [0.5, 0.6) is 0 Å². The van der Waals surface area contributed by atoms with Crippen molar-refractivity contribution in [1.29, 1.82) is 0 Å². The van der Waals surface area contributed by atoms with Gasteiger partial charge in [-0.2, -0.15) is 0 Å². The quantitative estimate of drug-likeness (QED) is 0.695. The van der Waals surface area contributed by atoms with Crippen LogP contribution in [0.2, 0.25) is 5.02 Å². The van der Waals surface area contributed by atoms with Gasteiger partial charge in [-0.05, 0) is 61.4 Å². The second-order valence-electron chi connectivity index (χ2n) is 6.66. The fourth-order valence-electron chi connectivity index (χ4n) is 3.64. The molecule has 0 amide bonds. The normalized spacial score (nSPS) is 19.8. The average Bonchev–Trinajstić information content (AvgIpc) is 2.63. The molecular weight excluding hydrogens is 318 g/mol. The van der Waals surface area contributed by atoms with Crippen molar-refractivity contribution in [2.24, 2.45) is 5.92 Å². The predicted octanol–water partition coefficient (Wildman–Crippen LogP) is 4.92. The summed E-state index contributed by atoms with van der Waals surface area (Å²) in [5.74, 6) is 0.661. The zero-order valence-electron chi connectivity index (χ0n) is 13.9.